The Morgan fingerprint density at radius 3 is 1.18 bits per heavy atom. The second-order valence-electron chi connectivity index (χ2n) is 7.24. The molecule has 212 valence electrons. The van der Waals surface area contributed by atoms with Crippen molar-refractivity contribution < 1.29 is 46.4 Å². The average Bonchev–Trinajstić information content (AvgIpc) is 2.96. The average molecular weight is 571 g/mol. The van der Waals surface area contributed by atoms with Crippen molar-refractivity contribution in [3.63, 3.8) is 0 Å². The van der Waals surface area contributed by atoms with Gasteiger partial charge in [-0.25, -0.2) is 9.59 Å². The van der Waals surface area contributed by atoms with Crippen LogP contribution in [0.3, 0.4) is 0 Å². The topological polar surface area (TPSA) is 156 Å². The van der Waals surface area contributed by atoms with Crippen molar-refractivity contribution in [1.82, 2.24) is 9.97 Å². The van der Waals surface area contributed by atoms with Gasteiger partial charge in [0.1, 0.15) is 0 Å². The third kappa shape index (κ3) is 14.8. The van der Waals surface area contributed by atoms with E-state index >= 15 is 0 Å². The number of hydrogen-bond donors (Lipinski definition) is 2. The molecule has 0 aliphatic heterocycles. The molecule has 2 N–H and O–H groups in total. The highest BCUT2D eigenvalue weighted by Crippen LogP contribution is 2.16. The first-order valence-corrected chi connectivity index (χ1v) is 15.3. The van der Waals surface area contributed by atoms with Crippen molar-refractivity contribution in [2.75, 3.05) is 42.7 Å². The molecule has 0 aliphatic carbocycles. The molecule has 14 heteroatoms. The molecule has 2 aromatic heterocycles. The smallest absolute Gasteiger partial charge is 0.478 e. The summed E-state index contributed by atoms with van der Waals surface area (Å²) >= 11 is 0. The fourth-order valence-corrected chi connectivity index (χ4v) is 6.26. The summed E-state index contributed by atoms with van der Waals surface area (Å²) in [4.78, 5) is 27.6. The zero-order valence-corrected chi connectivity index (χ0v) is 24.7. The largest absolute Gasteiger partial charge is 0.500 e. The first-order valence-electron chi connectivity index (χ1n) is 11.4. The van der Waals surface area contributed by atoms with Crippen LogP contribution in [0.1, 0.15) is 11.4 Å². The van der Waals surface area contributed by atoms with Gasteiger partial charge in [0.05, 0.1) is 0 Å². The Hall–Kier alpha value is -2.83. The lowest BCUT2D eigenvalue weighted by atomic mass is 10.3. The molecule has 0 unspecified atom stereocenters. The zero-order chi connectivity index (χ0) is 28.9. The molecule has 2 rings (SSSR count). The second-order valence-corrected chi connectivity index (χ2v) is 13.4. The van der Waals surface area contributed by atoms with Crippen LogP contribution in [0.2, 0.25) is 12.1 Å². The van der Waals surface area contributed by atoms with E-state index in [0.29, 0.717) is 12.2 Å². The lowest BCUT2D eigenvalue weighted by Crippen LogP contribution is -2.43. The van der Waals surface area contributed by atoms with E-state index in [4.69, 9.17) is 36.8 Å². The molecule has 0 fully saturated rings. The van der Waals surface area contributed by atoms with Gasteiger partial charge in [-0.2, -0.15) is 0 Å². The van der Waals surface area contributed by atoms with Gasteiger partial charge in [-0.05, 0) is 37.1 Å². The summed E-state index contributed by atoms with van der Waals surface area (Å²) in [6, 6.07) is 13.2. The molecule has 0 atom stereocenters. The Morgan fingerprint density at radius 1 is 0.658 bits per heavy atom. The maximum atomic E-state index is 9.55. The molecule has 0 aromatic carbocycles. The van der Waals surface area contributed by atoms with E-state index < -0.39 is 29.5 Å². The number of carbonyl (C=O) groups is 2. The van der Waals surface area contributed by atoms with Crippen molar-refractivity contribution in [3.05, 3.63) is 72.3 Å². The number of rotatable bonds is 14. The van der Waals surface area contributed by atoms with Gasteiger partial charge in [-0.3, -0.25) is 9.97 Å². The monoisotopic (exact) mass is 570 g/mol. The predicted molar refractivity (Wildman–Crippen MR) is 143 cm³/mol. The fourth-order valence-electron chi connectivity index (χ4n) is 2.91. The quantitative estimate of drug-likeness (QED) is 0.253. The van der Waals surface area contributed by atoms with E-state index in [1.807, 2.05) is 36.4 Å². The molecule has 0 amide bonds. The number of aryl methyl sites for hydroxylation is 2. The van der Waals surface area contributed by atoms with E-state index in [-0.39, 0.29) is 0 Å². The van der Waals surface area contributed by atoms with Crippen LogP contribution in [0.15, 0.2) is 60.9 Å². The van der Waals surface area contributed by atoms with Gasteiger partial charge in [-0.1, -0.05) is 12.1 Å². The van der Waals surface area contributed by atoms with Crippen LogP contribution in [-0.2, 0) is 49.0 Å². The van der Waals surface area contributed by atoms with E-state index in [9.17, 15) is 9.59 Å². The first kappa shape index (κ1) is 35.2. The van der Waals surface area contributed by atoms with Gasteiger partial charge in [0, 0.05) is 90.7 Å². The van der Waals surface area contributed by atoms with Crippen LogP contribution < -0.4 is 0 Å². The predicted octanol–water partition coefficient (Wildman–Crippen LogP) is 2.72. The molecule has 0 spiro atoms. The van der Waals surface area contributed by atoms with Crippen molar-refractivity contribution >= 4 is 29.5 Å². The van der Waals surface area contributed by atoms with E-state index in [0.717, 1.165) is 36.3 Å². The van der Waals surface area contributed by atoms with Gasteiger partial charge in [0.15, 0.2) is 0 Å². The number of carboxylic acids is 2. The minimum atomic E-state index is -2.44. The number of nitrogens with zero attached hydrogens (tertiary/aromatic N) is 2. The van der Waals surface area contributed by atoms with Crippen LogP contribution >= 0.6 is 0 Å². The SMILES string of the molecule is CO[Si](CCc1ccccn1)(OC)OC.CO[Si](CCc1ccccn1)(OC)OC.O=C(O)/C=C\C(=O)O. The van der Waals surface area contributed by atoms with E-state index in [1.54, 1.807) is 55.1 Å². The van der Waals surface area contributed by atoms with Crippen molar-refractivity contribution in [2.45, 2.75) is 24.9 Å². The summed E-state index contributed by atoms with van der Waals surface area (Å²) in [6.45, 7) is 0. The lowest BCUT2D eigenvalue weighted by Gasteiger charge is -2.23. The molecule has 0 aliphatic rings. The molecule has 0 radical (unpaired) electrons. The van der Waals surface area contributed by atoms with Gasteiger partial charge in [0.2, 0.25) is 0 Å². The second kappa shape index (κ2) is 20.2. The highest BCUT2D eigenvalue weighted by atomic mass is 28.4. The Kier molecular flexibility index (Phi) is 18.7. The van der Waals surface area contributed by atoms with Crippen LogP contribution in [0, 0.1) is 0 Å². The van der Waals surface area contributed by atoms with Crippen LogP contribution in [0.25, 0.3) is 0 Å². The van der Waals surface area contributed by atoms with Crippen molar-refractivity contribution in [2.24, 2.45) is 0 Å². The summed E-state index contributed by atoms with van der Waals surface area (Å²) in [6.07, 6.45) is 6.30. The van der Waals surface area contributed by atoms with Crippen LogP contribution in [-0.4, -0.2) is 92.4 Å². The summed E-state index contributed by atoms with van der Waals surface area (Å²) in [5.41, 5.74) is 2.06. The van der Waals surface area contributed by atoms with Gasteiger partial charge < -0.3 is 36.8 Å². The van der Waals surface area contributed by atoms with E-state index in [1.165, 1.54) is 0 Å². The minimum Gasteiger partial charge on any atom is -0.478 e. The van der Waals surface area contributed by atoms with Gasteiger partial charge in [-0.15, -0.1) is 0 Å². The number of carboxylic acid groups (broad SMARTS) is 2. The highest BCUT2D eigenvalue weighted by Gasteiger charge is 2.38. The summed E-state index contributed by atoms with van der Waals surface area (Å²) in [5.74, 6) is -2.51. The van der Waals surface area contributed by atoms with E-state index in [2.05, 4.69) is 9.97 Å². The van der Waals surface area contributed by atoms with Crippen LogP contribution in [0.4, 0.5) is 0 Å². The van der Waals surface area contributed by atoms with Crippen LogP contribution in [0.5, 0.6) is 0 Å². The first-order chi connectivity index (χ1) is 18.1. The molecule has 0 bridgehead atoms. The number of aromatic nitrogens is 2. The third-order valence-corrected chi connectivity index (χ3v) is 10.5. The summed E-state index contributed by atoms with van der Waals surface area (Å²) < 4.78 is 31.9. The molecular formula is C24H38N2O10Si2. The maximum Gasteiger partial charge on any atom is 0.500 e. The maximum absolute atomic E-state index is 9.55. The number of hydrogen-bond acceptors (Lipinski definition) is 10. The van der Waals surface area contributed by atoms with Gasteiger partial charge >= 0.3 is 29.5 Å². The Labute approximate surface area is 225 Å². The number of aliphatic carboxylic acids is 2. The lowest BCUT2D eigenvalue weighted by molar-refractivity contribution is -0.134. The molecule has 0 saturated heterocycles. The highest BCUT2D eigenvalue weighted by molar-refractivity contribution is 6.60. The zero-order valence-electron chi connectivity index (χ0n) is 22.7. The fraction of sp³-hybridized carbons (Fsp3) is 0.417. The molecular weight excluding hydrogens is 532 g/mol. The van der Waals surface area contributed by atoms with Crippen molar-refractivity contribution in [1.29, 1.82) is 0 Å². The summed E-state index contributed by atoms with van der Waals surface area (Å²) in [7, 11) is 4.86. The normalized spacial score (nSPS) is 11.2. The standard InChI is InChI=1S/2C10H17NO3Si.C4H4O4/c2*1-12-15(13-2,14-3)9-7-10-6-4-5-8-11-10;5-3(6)1-2-4(7)8/h2*4-6,8H,7,9H2,1-3H3;1-2H,(H,5,6)(H,7,8)/b;;2-1-. The Balaban J connectivity index is 0.000000569. The molecule has 38 heavy (non-hydrogen) atoms. The molecule has 2 aromatic rings. The molecule has 2 heterocycles. The molecule has 0 saturated carbocycles. The Morgan fingerprint density at radius 2 is 0.974 bits per heavy atom. The summed E-state index contributed by atoms with van der Waals surface area (Å²) in [5, 5.41) is 15.6. The van der Waals surface area contributed by atoms with Gasteiger partial charge in [0.25, 0.3) is 0 Å². The minimum absolute atomic E-state index is 0.558. The molecule has 12 nitrogen and oxygen atoms in total. The third-order valence-electron chi connectivity index (χ3n) is 5.06. The number of pyridine rings is 2. The van der Waals surface area contributed by atoms with Crippen molar-refractivity contribution in [3.8, 4) is 0 Å². The Bertz CT molecular complexity index is 836.